The molecule has 1 N–H and O–H groups in total. The van der Waals surface area contributed by atoms with Gasteiger partial charge in [0, 0.05) is 26.2 Å². The molecule has 0 aromatic carbocycles. The van der Waals surface area contributed by atoms with Gasteiger partial charge in [-0.25, -0.2) is 4.98 Å². The van der Waals surface area contributed by atoms with Gasteiger partial charge in [0.1, 0.15) is 6.26 Å². The van der Waals surface area contributed by atoms with E-state index in [1.807, 2.05) is 17.5 Å². The zero-order valence-corrected chi connectivity index (χ0v) is 14.8. The standard InChI is InChI=1S/C17H23N3O3S/c1-12-9-20(10-13(2)23-12)6-5-18-16(21)8-14-11-22-17(19-14)15-4-3-7-24-15/h3-4,7,11-13H,5-6,8-10H2,1-2H3,(H,18,21)/t12-,13+. The lowest BCUT2D eigenvalue weighted by atomic mass is 10.2. The van der Waals surface area contributed by atoms with Crippen LogP contribution in [0.4, 0.5) is 0 Å². The minimum atomic E-state index is -0.0321. The lowest BCUT2D eigenvalue weighted by Gasteiger charge is -2.35. The summed E-state index contributed by atoms with van der Waals surface area (Å²) in [7, 11) is 0. The maximum absolute atomic E-state index is 12.0. The van der Waals surface area contributed by atoms with Crippen molar-refractivity contribution in [3.63, 3.8) is 0 Å². The van der Waals surface area contributed by atoms with Crippen LogP contribution in [0, 0.1) is 0 Å². The van der Waals surface area contributed by atoms with Crippen LogP contribution in [0.5, 0.6) is 0 Å². The molecule has 24 heavy (non-hydrogen) atoms. The summed E-state index contributed by atoms with van der Waals surface area (Å²) in [6.07, 6.45) is 2.29. The monoisotopic (exact) mass is 349 g/mol. The molecular formula is C17H23N3O3S. The van der Waals surface area contributed by atoms with Crippen LogP contribution in [0.15, 0.2) is 28.2 Å². The molecule has 0 aliphatic carbocycles. The number of hydrogen-bond acceptors (Lipinski definition) is 6. The van der Waals surface area contributed by atoms with Crippen LogP contribution in [-0.4, -0.2) is 54.2 Å². The minimum Gasteiger partial charge on any atom is -0.444 e. The number of hydrogen-bond donors (Lipinski definition) is 1. The molecule has 2 aromatic heterocycles. The molecule has 6 nitrogen and oxygen atoms in total. The van der Waals surface area contributed by atoms with Crippen molar-refractivity contribution in [2.45, 2.75) is 32.5 Å². The molecule has 0 bridgehead atoms. The third kappa shape index (κ3) is 4.66. The van der Waals surface area contributed by atoms with Gasteiger partial charge in [0.2, 0.25) is 11.8 Å². The highest BCUT2D eigenvalue weighted by Crippen LogP contribution is 2.23. The van der Waals surface area contributed by atoms with Gasteiger partial charge in [0.15, 0.2) is 0 Å². The molecule has 3 heterocycles. The SMILES string of the molecule is C[C@@H]1CN(CCNC(=O)Cc2coc(-c3cccs3)n2)C[C@H](C)O1. The number of nitrogens with zero attached hydrogens (tertiary/aromatic N) is 2. The van der Waals surface area contributed by atoms with Gasteiger partial charge in [-0.15, -0.1) is 11.3 Å². The third-order valence-corrected chi connectivity index (χ3v) is 4.73. The molecule has 2 atom stereocenters. The van der Waals surface area contributed by atoms with Gasteiger partial charge in [-0.2, -0.15) is 0 Å². The van der Waals surface area contributed by atoms with E-state index >= 15 is 0 Å². The zero-order chi connectivity index (χ0) is 16.9. The Balaban J connectivity index is 1.41. The average Bonchev–Trinajstić information content (AvgIpc) is 3.16. The van der Waals surface area contributed by atoms with Gasteiger partial charge >= 0.3 is 0 Å². The second-order valence-corrected chi connectivity index (χ2v) is 7.11. The summed E-state index contributed by atoms with van der Waals surface area (Å²) >= 11 is 1.57. The smallest absolute Gasteiger partial charge is 0.236 e. The molecule has 1 aliphatic rings. The summed E-state index contributed by atoms with van der Waals surface area (Å²) in [6.45, 7) is 7.45. The third-order valence-electron chi connectivity index (χ3n) is 3.87. The second-order valence-electron chi connectivity index (χ2n) is 6.16. The zero-order valence-electron chi connectivity index (χ0n) is 14.0. The first-order chi connectivity index (χ1) is 11.6. The fourth-order valence-corrected chi connectivity index (χ4v) is 3.60. The lowest BCUT2D eigenvalue weighted by molar-refractivity contribution is -0.120. The van der Waals surface area contributed by atoms with Crippen molar-refractivity contribution in [3.8, 4) is 10.8 Å². The molecule has 2 aromatic rings. The van der Waals surface area contributed by atoms with Crippen LogP contribution in [0.25, 0.3) is 10.8 Å². The highest BCUT2D eigenvalue weighted by molar-refractivity contribution is 7.13. The summed E-state index contributed by atoms with van der Waals surface area (Å²) in [4.78, 5) is 19.7. The van der Waals surface area contributed by atoms with E-state index in [9.17, 15) is 4.79 Å². The molecule has 130 valence electrons. The Bertz CT molecular complexity index is 646. The van der Waals surface area contributed by atoms with Crippen LogP contribution in [0.2, 0.25) is 0 Å². The van der Waals surface area contributed by atoms with Gasteiger partial charge in [-0.1, -0.05) is 6.07 Å². The van der Waals surface area contributed by atoms with Crippen LogP contribution in [-0.2, 0) is 16.0 Å². The number of oxazole rings is 1. The quantitative estimate of drug-likeness (QED) is 0.866. The summed E-state index contributed by atoms with van der Waals surface area (Å²) in [5.41, 5.74) is 0.657. The molecule has 0 saturated carbocycles. The van der Waals surface area contributed by atoms with Gasteiger partial charge in [0.25, 0.3) is 0 Å². The Labute approximate surface area is 145 Å². The number of carbonyl (C=O) groups is 1. The van der Waals surface area contributed by atoms with E-state index in [4.69, 9.17) is 9.15 Å². The first-order valence-corrected chi connectivity index (χ1v) is 9.11. The number of carbonyl (C=O) groups excluding carboxylic acids is 1. The van der Waals surface area contributed by atoms with Crippen molar-refractivity contribution < 1.29 is 13.9 Å². The van der Waals surface area contributed by atoms with Gasteiger partial charge < -0.3 is 14.5 Å². The number of rotatable bonds is 6. The number of aromatic nitrogens is 1. The van der Waals surface area contributed by atoms with E-state index in [2.05, 4.69) is 29.0 Å². The van der Waals surface area contributed by atoms with E-state index in [0.717, 1.165) is 24.5 Å². The topological polar surface area (TPSA) is 67.6 Å². The molecule has 1 amide bonds. The van der Waals surface area contributed by atoms with Gasteiger partial charge in [-0.3, -0.25) is 9.69 Å². The Hall–Kier alpha value is -1.70. The molecule has 1 saturated heterocycles. The first-order valence-electron chi connectivity index (χ1n) is 8.23. The summed E-state index contributed by atoms with van der Waals surface area (Å²) in [5.74, 6) is 0.541. The van der Waals surface area contributed by atoms with Crippen molar-refractivity contribution in [3.05, 3.63) is 29.5 Å². The van der Waals surface area contributed by atoms with Crippen molar-refractivity contribution >= 4 is 17.2 Å². The molecule has 0 spiro atoms. The van der Waals surface area contributed by atoms with Crippen LogP contribution in [0.1, 0.15) is 19.5 Å². The molecular weight excluding hydrogens is 326 g/mol. The molecule has 1 fully saturated rings. The van der Waals surface area contributed by atoms with E-state index in [0.29, 0.717) is 18.1 Å². The molecule has 1 aliphatic heterocycles. The van der Waals surface area contributed by atoms with Crippen LogP contribution >= 0.6 is 11.3 Å². The van der Waals surface area contributed by atoms with Gasteiger partial charge in [-0.05, 0) is 25.3 Å². The summed E-state index contributed by atoms with van der Waals surface area (Å²) in [5, 5.41) is 4.92. The van der Waals surface area contributed by atoms with Crippen molar-refractivity contribution in [1.29, 1.82) is 0 Å². The predicted octanol–water partition coefficient (Wildman–Crippen LogP) is 2.17. The number of ether oxygens (including phenoxy) is 1. The highest BCUT2D eigenvalue weighted by atomic mass is 32.1. The Morgan fingerprint density at radius 3 is 2.92 bits per heavy atom. The van der Waals surface area contributed by atoms with E-state index in [1.165, 1.54) is 0 Å². The lowest BCUT2D eigenvalue weighted by Crippen LogP contribution is -2.48. The van der Waals surface area contributed by atoms with Crippen molar-refractivity contribution in [2.75, 3.05) is 26.2 Å². The maximum atomic E-state index is 12.0. The van der Waals surface area contributed by atoms with Crippen LogP contribution < -0.4 is 5.32 Å². The normalized spacial score (nSPS) is 21.8. The predicted molar refractivity (Wildman–Crippen MR) is 93.0 cm³/mol. The first kappa shape index (κ1) is 17.1. The Kier molecular flexibility index (Phi) is 5.65. The van der Waals surface area contributed by atoms with E-state index < -0.39 is 0 Å². The second kappa shape index (κ2) is 7.92. The van der Waals surface area contributed by atoms with Crippen molar-refractivity contribution in [2.24, 2.45) is 0 Å². The average molecular weight is 349 g/mol. The largest absolute Gasteiger partial charge is 0.444 e. The molecule has 3 rings (SSSR count). The molecule has 7 heteroatoms. The molecule has 0 radical (unpaired) electrons. The fraction of sp³-hybridized carbons (Fsp3) is 0.529. The number of nitrogens with one attached hydrogen (secondary N) is 1. The van der Waals surface area contributed by atoms with Crippen LogP contribution in [0.3, 0.4) is 0 Å². The minimum absolute atomic E-state index is 0.0321. The molecule has 0 unspecified atom stereocenters. The van der Waals surface area contributed by atoms with Gasteiger partial charge in [0.05, 0.1) is 29.2 Å². The number of amides is 1. The van der Waals surface area contributed by atoms with E-state index in [1.54, 1.807) is 17.6 Å². The van der Waals surface area contributed by atoms with E-state index in [-0.39, 0.29) is 24.5 Å². The Morgan fingerprint density at radius 2 is 2.21 bits per heavy atom. The summed E-state index contributed by atoms with van der Waals surface area (Å²) in [6, 6.07) is 3.90. The van der Waals surface area contributed by atoms with Crippen molar-refractivity contribution in [1.82, 2.24) is 15.2 Å². The summed E-state index contributed by atoms with van der Waals surface area (Å²) < 4.78 is 11.1. The fourth-order valence-electron chi connectivity index (χ4n) is 2.95. The highest BCUT2D eigenvalue weighted by Gasteiger charge is 2.21. The Morgan fingerprint density at radius 1 is 1.42 bits per heavy atom. The maximum Gasteiger partial charge on any atom is 0.236 e. The number of morpholine rings is 1. The number of thiophene rings is 1.